The van der Waals surface area contributed by atoms with Crippen molar-refractivity contribution in [3.8, 4) is 0 Å². The highest BCUT2D eigenvalue weighted by Crippen LogP contribution is 2.34. The minimum Gasteiger partial charge on any atom is -0.462 e. The molecule has 9 nitrogen and oxygen atoms in total. The van der Waals surface area contributed by atoms with Crippen LogP contribution in [0.4, 0.5) is 28.7 Å². The van der Waals surface area contributed by atoms with Crippen molar-refractivity contribution in [1.29, 1.82) is 0 Å². The van der Waals surface area contributed by atoms with E-state index in [-0.39, 0.29) is 29.5 Å². The fourth-order valence-corrected chi connectivity index (χ4v) is 2.73. The summed E-state index contributed by atoms with van der Waals surface area (Å²) in [5.41, 5.74) is 0.691. The Hall–Kier alpha value is -3.72. The minimum absolute atomic E-state index is 0.0246. The number of halogens is 1. The zero-order valence-electron chi connectivity index (χ0n) is 15.3. The molecule has 0 aliphatic carbocycles. The van der Waals surface area contributed by atoms with Gasteiger partial charge in [-0.2, -0.15) is 0 Å². The van der Waals surface area contributed by atoms with Gasteiger partial charge in [0.05, 0.1) is 22.8 Å². The predicted octanol–water partition coefficient (Wildman–Crippen LogP) is 4.70. The summed E-state index contributed by atoms with van der Waals surface area (Å²) in [6, 6.07) is 13.2. The average molecular weight is 414 g/mol. The van der Waals surface area contributed by atoms with E-state index in [2.05, 4.69) is 20.6 Å². The fraction of sp³-hybridized carbons (Fsp3) is 0.105. The van der Waals surface area contributed by atoms with Crippen LogP contribution >= 0.6 is 11.6 Å². The lowest BCUT2D eigenvalue weighted by molar-refractivity contribution is -0.383. The second-order valence-corrected chi connectivity index (χ2v) is 6.14. The molecule has 0 fully saturated rings. The molecule has 0 saturated carbocycles. The smallest absolute Gasteiger partial charge is 0.353 e. The standard InChI is InChI=1S/C19H16ClN5O4/c1-2-29-19(26)14-8-3-4-9-15(14)24-18-16(25(27)28)17(21-11-22-18)23-13-7-5-6-12(20)10-13/h3-11H,2H2,1H3,(H2,21,22,23,24). The summed E-state index contributed by atoms with van der Waals surface area (Å²) >= 11 is 5.96. The summed E-state index contributed by atoms with van der Waals surface area (Å²) in [5, 5.41) is 17.9. The molecule has 2 aromatic carbocycles. The fourth-order valence-electron chi connectivity index (χ4n) is 2.54. The molecule has 0 unspecified atom stereocenters. The maximum absolute atomic E-state index is 12.2. The molecule has 1 aromatic heterocycles. The lowest BCUT2D eigenvalue weighted by Crippen LogP contribution is -2.10. The number of rotatable bonds is 7. The van der Waals surface area contributed by atoms with Gasteiger partial charge in [0, 0.05) is 10.7 Å². The molecule has 3 rings (SSSR count). The number of aromatic nitrogens is 2. The van der Waals surface area contributed by atoms with Gasteiger partial charge < -0.3 is 15.4 Å². The molecule has 0 aliphatic rings. The molecule has 1 heterocycles. The van der Waals surface area contributed by atoms with Gasteiger partial charge in [0.2, 0.25) is 11.6 Å². The van der Waals surface area contributed by atoms with E-state index in [0.29, 0.717) is 16.4 Å². The van der Waals surface area contributed by atoms with Gasteiger partial charge in [-0.3, -0.25) is 10.1 Å². The number of nitrogens with zero attached hydrogens (tertiary/aromatic N) is 3. The van der Waals surface area contributed by atoms with Crippen LogP contribution in [0, 0.1) is 10.1 Å². The van der Waals surface area contributed by atoms with Crippen LogP contribution in [0.15, 0.2) is 54.9 Å². The molecule has 0 atom stereocenters. The normalized spacial score (nSPS) is 10.3. The van der Waals surface area contributed by atoms with Crippen LogP contribution in [0.1, 0.15) is 17.3 Å². The van der Waals surface area contributed by atoms with Crippen molar-refractivity contribution in [1.82, 2.24) is 9.97 Å². The Morgan fingerprint density at radius 1 is 1.14 bits per heavy atom. The summed E-state index contributed by atoms with van der Waals surface area (Å²) in [4.78, 5) is 31.2. The Balaban J connectivity index is 1.99. The number of nitro groups is 1. The molecule has 0 radical (unpaired) electrons. The Morgan fingerprint density at radius 2 is 1.86 bits per heavy atom. The molecule has 0 amide bonds. The van der Waals surface area contributed by atoms with Crippen molar-refractivity contribution in [2.24, 2.45) is 0 Å². The topological polar surface area (TPSA) is 119 Å². The summed E-state index contributed by atoms with van der Waals surface area (Å²) in [6.45, 7) is 1.89. The van der Waals surface area contributed by atoms with Crippen molar-refractivity contribution >= 4 is 46.3 Å². The zero-order chi connectivity index (χ0) is 20.8. The van der Waals surface area contributed by atoms with E-state index in [1.54, 1.807) is 55.5 Å². The van der Waals surface area contributed by atoms with Crippen molar-refractivity contribution in [3.63, 3.8) is 0 Å². The number of carbonyl (C=O) groups excluding carboxylic acids is 1. The summed E-state index contributed by atoms with van der Waals surface area (Å²) in [6.07, 6.45) is 1.18. The highest BCUT2D eigenvalue weighted by molar-refractivity contribution is 6.30. The van der Waals surface area contributed by atoms with E-state index in [0.717, 1.165) is 0 Å². The number of nitrogens with one attached hydrogen (secondary N) is 2. The summed E-state index contributed by atoms with van der Waals surface area (Å²) in [7, 11) is 0. The maximum atomic E-state index is 12.2. The molecule has 148 valence electrons. The van der Waals surface area contributed by atoms with E-state index < -0.39 is 10.9 Å². The summed E-state index contributed by atoms with van der Waals surface area (Å²) in [5.74, 6) is -0.653. The first kappa shape index (κ1) is 20.0. The van der Waals surface area contributed by atoms with Crippen LogP contribution in [-0.4, -0.2) is 27.5 Å². The quantitative estimate of drug-likeness (QED) is 0.325. The number of ether oxygens (including phenoxy) is 1. The van der Waals surface area contributed by atoms with Crippen molar-refractivity contribution < 1.29 is 14.5 Å². The molecule has 0 saturated heterocycles. The predicted molar refractivity (Wildman–Crippen MR) is 109 cm³/mol. The van der Waals surface area contributed by atoms with Crippen molar-refractivity contribution in [2.45, 2.75) is 6.92 Å². The van der Waals surface area contributed by atoms with Crippen LogP contribution < -0.4 is 10.6 Å². The average Bonchev–Trinajstić information content (AvgIpc) is 2.68. The first-order valence-electron chi connectivity index (χ1n) is 8.54. The summed E-state index contributed by atoms with van der Waals surface area (Å²) < 4.78 is 5.03. The second kappa shape index (κ2) is 8.98. The van der Waals surface area contributed by atoms with E-state index in [1.807, 2.05) is 0 Å². The van der Waals surface area contributed by atoms with E-state index >= 15 is 0 Å². The van der Waals surface area contributed by atoms with Gasteiger partial charge in [0.25, 0.3) is 0 Å². The SMILES string of the molecule is CCOC(=O)c1ccccc1Nc1ncnc(Nc2cccc(Cl)c2)c1[N+](=O)[O-]. The molecule has 0 spiro atoms. The third-order valence-electron chi connectivity index (χ3n) is 3.77. The van der Waals surface area contributed by atoms with Crippen molar-refractivity contribution in [3.05, 3.63) is 75.6 Å². The number of anilines is 4. The number of esters is 1. The van der Waals surface area contributed by atoms with Crippen LogP contribution in [0.3, 0.4) is 0 Å². The highest BCUT2D eigenvalue weighted by atomic mass is 35.5. The van der Waals surface area contributed by atoms with E-state index in [1.165, 1.54) is 6.33 Å². The van der Waals surface area contributed by atoms with Crippen molar-refractivity contribution in [2.75, 3.05) is 17.2 Å². The Morgan fingerprint density at radius 3 is 2.55 bits per heavy atom. The largest absolute Gasteiger partial charge is 0.462 e. The third kappa shape index (κ3) is 4.77. The molecule has 2 N–H and O–H groups in total. The zero-order valence-corrected chi connectivity index (χ0v) is 16.0. The highest BCUT2D eigenvalue weighted by Gasteiger charge is 2.24. The molecular formula is C19H16ClN5O4. The lowest BCUT2D eigenvalue weighted by Gasteiger charge is -2.12. The maximum Gasteiger partial charge on any atom is 0.353 e. The van der Waals surface area contributed by atoms with Gasteiger partial charge in [-0.05, 0) is 37.3 Å². The molecular weight excluding hydrogens is 398 g/mol. The molecule has 3 aromatic rings. The number of hydrogen-bond acceptors (Lipinski definition) is 8. The van der Waals surface area contributed by atoms with Gasteiger partial charge in [-0.1, -0.05) is 29.8 Å². The van der Waals surface area contributed by atoms with Crippen LogP contribution in [0.2, 0.25) is 5.02 Å². The third-order valence-corrected chi connectivity index (χ3v) is 4.00. The van der Waals surface area contributed by atoms with Gasteiger partial charge in [-0.15, -0.1) is 0 Å². The van der Waals surface area contributed by atoms with Gasteiger partial charge >= 0.3 is 11.7 Å². The van der Waals surface area contributed by atoms with Gasteiger partial charge in [0.15, 0.2) is 0 Å². The Labute approximate surface area is 170 Å². The molecule has 0 bridgehead atoms. The lowest BCUT2D eigenvalue weighted by atomic mass is 10.2. The van der Waals surface area contributed by atoms with Crippen LogP contribution in [0.25, 0.3) is 0 Å². The molecule has 0 aliphatic heterocycles. The molecule has 10 heteroatoms. The van der Waals surface area contributed by atoms with Gasteiger partial charge in [-0.25, -0.2) is 14.8 Å². The minimum atomic E-state index is -0.609. The Kier molecular flexibility index (Phi) is 6.20. The van der Waals surface area contributed by atoms with Gasteiger partial charge in [0.1, 0.15) is 6.33 Å². The second-order valence-electron chi connectivity index (χ2n) is 5.70. The number of benzene rings is 2. The number of hydrogen-bond donors (Lipinski definition) is 2. The van der Waals surface area contributed by atoms with E-state index in [4.69, 9.17) is 16.3 Å². The Bertz CT molecular complexity index is 1060. The number of carbonyl (C=O) groups is 1. The molecule has 29 heavy (non-hydrogen) atoms. The van der Waals surface area contributed by atoms with E-state index in [9.17, 15) is 14.9 Å². The van der Waals surface area contributed by atoms with Crippen LogP contribution in [0.5, 0.6) is 0 Å². The first-order valence-corrected chi connectivity index (χ1v) is 8.92. The monoisotopic (exact) mass is 413 g/mol. The first-order chi connectivity index (χ1) is 14.0. The van der Waals surface area contributed by atoms with Crippen LogP contribution in [-0.2, 0) is 4.74 Å². The number of para-hydroxylation sites is 1.